The van der Waals surface area contributed by atoms with Gasteiger partial charge in [-0.25, -0.2) is 9.59 Å². The van der Waals surface area contributed by atoms with Gasteiger partial charge in [0.25, 0.3) is 0 Å². The summed E-state index contributed by atoms with van der Waals surface area (Å²) in [5.74, 6) is -1.03. The van der Waals surface area contributed by atoms with Gasteiger partial charge in [0.1, 0.15) is 0 Å². The predicted molar refractivity (Wildman–Crippen MR) is 77.7 cm³/mol. The molecule has 2 N–H and O–H groups in total. The van der Waals surface area contributed by atoms with Crippen molar-refractivity contribution in [1.29, 1.82) is 0 Å². The van der Waals surface area contributed by atoms with E-state index >= 15 is 0 Å². The molecular weight excluding hydrogens is 312 g/mol. The minimum absolute atomic E-state index is 0.134. The van der Waals surface area contributed by atoms with Gasteiger partial charge in [0, 0.05) is 18.1 Å². The number of hydrogen-bond acceptors (Lipinski definition) is 2. The molecule has 0 unspecified atom stereocenters. The average molecular weight is 329 g/mol. The molecular formula is C13H17BrN2O3. The first-order valence-electron chi connectivity index (χ1n) is 6.00. The molecule has 0 aliphatic carbocycles. The van der Waals surface area contributed by atoms with Crippen LogP contribution in [0.1, 0.15) is 30.1 Å². The average Bonchev–Trinajstić information content (AvgIpc) is 2.38. The first-order valence-corrected chi connectivity index (χ1v) is 6.80. The number of halogens is 1. The third-order valence-corrected chi connectivity index (χ3v) is 3.34. The summed E-state index contributed by atoms with van der Waals surface area (Å²) in [6, 6.07) is 4.25. The highest BCUT2D eigenvalue weighted by molar-refractivity contribution is 9.10. The monoisotopic (exact) mass is 328 g/mol. The van der Waals surface area contributed by atoms with Crippen LogP contribution in [0.25, 0.3) is 0 Å². The fourth-order valence-electron chi connectivity index (χ4n) is 1.46. The number of nitrogens with zero attached hydrogens (tertiary/aromatic N) is 1. The maximum absolute atomic E-state index is 11.9. The van der Waals surface area contributed by atoms with Gasteiger partial charge in [-0.2, -0.15) is 0 Å². The SMILES string of the molecule is CCCCN(C)C(=O)Nc1cc(C(=O)O)ccc1Br. The van der Waals surface area contributed by atoms with E-state index < -0.39 is 5.97 Å². The molecule has 6 heteroatoms. The van der Waals surface area contributed by atoms with Gasteiger partial charge < -0.3 is 15.3 Å². The fraction of sp³-hybridized carbons (Fsp3) is 0.385. The third kappa shape index (κ3) is 4.55. The third-order valence-electron chi connectivity index (χ3n) is 2.65. The van der Waals surface area contributed by atoms with E-state index in [1.54, 1.807) is 18.0 Å². The van der Waals surface area contributed by atoms with Crippen LogP contribution in [0.2, 0.25) is 0 Å². The Morgan fingerprint density at radius 3 is 2.68 bits per heavy atom. The molecule has 0 heterocycles. The molecule has 0 saturated heterocycles. The Hall–Kier alpha value is -1.56. The Balaban J connectivity index is 2.78. The van der Waals surface area contributed by atoms with E-state index in [2.05, 4.69) is 28.2 Å². The van der Waals surface area contributed by atoms with Crippen LogP contribution in [0.15, 0.2) is 22.7 Å². The number of nitrogens with one attached hydrogen (secondary N) is 1. The second-order valence-electron chi connectivity index (χ2n) is 4.21. The zero-order valence-corrected chi connectivity index (χ0v) is 12.5. The van der Waals surface area contributed by atoms with Crippen LogP contribution in [0.5, 0.6) is 0 Å². The van der Waals surface area contributed by atoms with Crippen molar-refractivity contribution in [2.75, 3.05) is 18.9 Å². The van der Waals surface area contributed by atoms with Crippen LogP contribution in [-0.4, -0.2) is 35.6 Å². The van der Waals surface area contributed by atoms with Gasteiger partial charge in [-0.1, -0.05) is 13.3 Å². The number of carboxylic acid groups (broad SMARTS) is 1. The summed E-state index contributed by atoms with van der Waals surface area (Å²) in [4.78, 5) is 24.4. The van der Waals surface area contributed by atoms with Gasteiger partial charge in [-0.15, -0.1) is 0 Å². The van der Waals surface area contributed by atoms with Crippen molar-refractivity contribution in [3.8, 4) is 0 Å². The normalized spacial score (nSPS) is 10.1. The lowest BCUT2D eigenvalue weighted by Crippen LogP contribution is -2.32. The van der Waals surface area contributed by atoms with Crippen molar-refractivity contribution < 1.29 is 14.7 Å². The Kier molecular flexibility index (Phi) is 5.82. The molecule has 1 rings (SSSR count). The number of carboxylic acids is 1. The van der Waals surface area contributed by atoms with Gasteiger partial charge >= 0.3 is 12.0 Å². The summed E-state index contributed by atoms with van der Waals surface area (Å²) in [5.41, 5.74) is 0.586. The zero-order chi connectivity index (χ0) is 14.4. The molecule has 104 valence electrons. The molecule has 0 radical (unpaired) electrons. The van der Waals surface area contributed by atoms with Crippen LogP contribution in [0, 0.1) is 0 Å². The number of aromatic carboxylic acids is 1. The summed E-state index contributed by atoms with van der Waals surface area (Å²) in [5, 5.41) is 11.6. The number of carbonyl (C=O) groups excluding carboxylic acids is 1. The van der Waals surface area contributed by atoms with E-state index in [-0.39, 0.29) is 11.6 Å². The van der Waals surface area contributed by atoms with Gasteiger partial charge in [-0.05, 0) is 40.5 Å². The van der Waals surface area contributed by atoms with Crippen molar-refractivity contribution in [1.82, 2.24) is 4.90 Å². The van der Waals surface area contributed by atoms with E-state index in [0.717, 1.165) is 12.8 Å². The standard InChI is InChI=1S/C13H17BrN2O3/c1-3-4-7-16(2)13(19)15-11-8-9(12(17)18)5-6-10(11)14/h5-6,8H,3-4,7H2,1-2H3,(H,15,19)(H,17,18). The highest BCUT2D eigenvalue weighted by Crippen LogP contribution is 2.24. The first-order chi connectivity index (χ1) is 8.95. The van der Waals surface area contributed by atoms with Gasteiger partial charge in [0.05, 0.1) is 11.3 Å². The molecule has 0 aliphatic heterocycles. The molecule has 1 aromatic rings. The minimum Gasteiger partial charge on any atom is -0.478 e. The maximum Gasteiger partial charge on any atom is 0.335 e. The van der Waals surface area contributed by atoms with Crippen molar-refractivity contribution in [2.45, 2.75) is 19.8 Å². The van der Waals surface area contributed by atoms with Crippen molar-refractivity contribution in [3.63, 3.8) is 0 Å². The number of hydrogen-bond donors (Lipinski definition) is 2. The largest absolute Gasteiger partial charge is 0.478 e. The van der Waals surface area contributed by atoms with Crippen LogP contribution in [0.4, 0.5) is 10.5 Å². The molecule has 2 amide bonds. The molecule has 0 aromatic heterocycles. The molecule has 5 nitrogen and oxygen atoms in total. The van der Waals surface area contributed by atoms with Gasteiger partial charge in [-0.3, -0.25) is 0 Å². The smallest absolute Gasteiger partial charge is 0.335 e. The van der Waals surface area contributed by atoms with Crippen LogP contribution in [0.3, 0.4) is 0 Å². The lowest BCUT2D eigenvalue weighted by atomic mass is 10.2. The Morgan fingerprint density at radius 1 is 1.42 bits per heavy atom. The topological polar surface area (TPSA) is 69.6 Å². The molecule has 0 bridgehead atoms. The van der Waals surface area contributed by atoms with Gasteiger partial charge in [0.2, 0.25) is 0 Å². The summed E-state index contributed by atoms with van der Waals surface area (Å²) >= 11 is 3.28. The number of anilines is 1. The Bertz CT molecular complexity index is 477. The van der Waals surface area contributed by atoms with Crippen molar-refractivity contribution in [3.05, 3.63) is 28.2 Å². The quantitative estimate of drug-likeness (QED) is 0.870. The second-order valence-corrected chi connectivity index (χ2v) is 5.06. The van der Waals surface area contributed by atoms with Crippen molar-refractivity contribution in [2.24, 2.45) is 0 Å². The first kappa shape index (κ1) is 15.5. The number of unbranched alkanes of at least 4 members (excludes halogenated alkanes) is 1. The molecule has 0 aliphatic rings. The Labute approximate surface area is 120 Å². The van der Waals surface area contributed by atoms with E-state index in [9.17, 15) is 9.59 Å². The summed E-state index contributed by atoms with van der Waals surface area (Å²) < 4.78 is 0.648. The maximum atomic E-state index is 11.9. The molecule has 0 spiro atoms. The lowest BCUT2D eigenvalue weighted by Gasteiger charge is -2.18. The number of rotatable bonds is 5. The second kappa shape index (κ2) is 7.13. The predicted octanol–water partition coefficient (Wildman–Crippen LogP) is 3.41. The van der Waals surface area contributed by atoms with E-state index in [1.165, 1.54) is 12.1 Å². The minimum atomic E-state index is -1.03. The number of benzene rings is 1. The summed E-state index contributed by atoms with van der Waals surface area (Å²) in [7, 11) is 1.71. The van der Waals surface area contributed by atoms with Gasteiger partial charge in [0.15, 0.2) is 0 Å². The molecule has 0 saturated carbocycles. The lowest BCUT2D eigenvalue weighted by molar-refractivity contribution is 0.0697. The number of amides is 2. The molecule has 0 fully saturated rings. The van der Waals surface area contributed by atoms with E-state index in [0.29, 0.717) is 16.7 Å². The zero-order valence-electron chi connectivity index (χ0n) is 10.9. The number of carbonyl (C=O) groups is 2. The highest BCUT2D eigenvalue weighted by Gasteiger charge is 2.12. The molecule has 0 atom stereocenters. The van der Waals surface area contributed by atoms with E-state index in [1.807, 2.05) is 0 Å². The summed E-state index contributed by atoms with van der Waals surface area (Å²) in [6.07, 6.45) is 1.94. The highest BCUT2D eigenvalue weighted by atomic mass is 79.9. The molecule has 1 aromatic carbocycles. The van der Waals surface area contributed by atoms with Crippen molar-refractivity contribution >= 4 is 33.6 Å². The summed E-state index contributed by atoms with van der Waals surface area (Å²) in [6.45, 7) is 2.72. The van der Waals surface area contributed by atoms with E-state index in [4.69, 9.17) is 5.11 Å². The van der Waals surface area contributed by atoms with Crippen LogP contribution < -0.4 is 5.32 Å². The van der Waals surface area contributed by atoms with Crippen LogP contribution >= 0.6 is 15.9 Å². The molecule has 19 heavy (non-hydrogen) atoms. The number of urea groups is 1. The van der Waals surface area contributed by atoms with Crippen LogP contribution in [-0.2, 0) is 0 Å². The Morgan fingerprint density at radius 2 is 2.11 bits per heavy atom. The fourth-order valence-corrected chi connectivity index (χ4v) is 1.81.